The molecule has 0 aliphatic heterocycles. The number of amides is 1. The fourth-order valence-electron chi connectivity index (χ4n) is 1.56. The van der Waals surface area contributed by atoms with E-state index in [4.69, 9.17) is 11.6 Å². The highest BCUT2D eigenvalue weighted by molar-refractivity contribution is 7.89. The van der Waals surface area contributed by atoms with Crippen molar-refractivity contribution in [1.82, 2.24) is 4.72 Å². The maximum Gasteiger partial charge on any atom is 0.226 e. The molecule has 0 aliphatic carbocycles. The Bertz CT molecular complexity index is 573. The molecule has 118 valence electrons. The van der Waals surface area contributed by atoms with Crippen LogP contribution in [0, 0.1) is 5.92 Å². The molecule has 1 aromatic carbocycles. The number of nitrogens with one attached hydrogen (secondary N) is 2. The molecule has 0 saturated heterocycles. The molecule has 1 aromatic rings. The predicted octanol–water partition coefficient (Wildman–Crippen LogP) is 2.33. The number of anilines is 1. The average Bonchev–Trinajstić information content (AvgIpc) is 2.43. The molecule has 0 unspecified atom stereocenters. The van der Waals surface area contributed by atoms with Crippen molar-refractivity contribution in [2.75, 3.05) is 16.9 Å². The molecule has 0 aliphatic rings. The molecule has 0 radical (unpaired) electrons. The van der Waals surface area contributed by atoms with Gasteiger partial charge in [-0.1, -0.05) is 26.0 Å². The summed E-state index contributed by atoms with van der Waals surface area (Å²) in [6, 6.07) is 7.10. The number of sulfonamides is 1. The van der Waals surface area contributed by atoms with E-state index < -0.39 is 10.0 Å². The van der Waals surface area contributed by atoms with Crippen LogP contribution in [0.2, 0.25) is 0 Å². The molecule has 1 amide bonds. The van der Waals surface area contributed by atoms with E-state index in [0.29, 0.717) is 18.0 Å². The first kappa shape index (κ1) is 17.9. The third kappa shape index (κ3) is 6.93. The second-order valence-electron chi connectivity index (χ2n) is 5.03. The largest absolute Gasteiger partial charge is 0.326 e. The van der Waals surface area contributed by atoms with Crippen molar-refractivity contribution in [3.8, 4) is 0 Å². The number of benzene rings is 1. The molecule has 0 atom stereocenters. The SMILES string of the molecule is CC(C)C(=O)Nc1cccc(CNS(=O)(=O)CCCCl)c1. The van der Waals surface area contributed by atoms with Gasteiger partial charge in [-0.15, -0.1) is 11.6 Å². The van der Waals surface area contributed by atoms with E-state index in [1.54, 1.807) is 24.3 Å². The first-order valence-electron chi connectivity index (χ1n) is 6.77. The van der Waals surface area contributed by atoms with Gasteiger partial charge in [-0.2, -0.15) is 0 Å². The van der Waals surface area contributed by atoms with Gasteiger partial charge in [-0.3, -0.25) is 4.79 Å². The quantitative estimate of drug-likeness (QED) is 0.717. The molecule has 5 nitrogen and oxygen atoms in total. The molecular formula is C14H21ClN2O3S. The molecule has 0 saturated carbocycles. The van der Waals surface area contributed by atoms with Crippen LogP contribution < -0.4 is 10.0 Å². The number of rotatable bonds is 8. The van der Waals surface area contributed by atoms with Crippen molar-refractivity contribution in [3.63, 3.8) is 0 Å². The lowest BCUT2D eigenvalue weighted by Crippen LogP contribution is -2.26. The van der Waals surface area contributed by atoms with E-state index >= 15 is 0 Å². The minimum absolute atomic E-state index is 0.0142. The minimum atomic E-state index is -3.31. The summed E-state index contributed by atoms with van der Waals surface area (Å²) in [5.41, 5.74) is 1.44. The maximum absolute atomic E-state index is 11.7. The predicted molar refractivity (Wildman–Crippen MR) is 85.9 cm³/mol. The van der Waals surface area contributed by atoms with Gasteiger partial charge in [0.1, 0.15) is 0 Å². The second kappa shape index (κ2) is 8.36. The summed E-state index contributed by atoms with van der Waals surface area (Å²) >= 11 is 5.49. The van der Waals surface area contributed by atoms with Crippen molar-refractivity contribution in [2.24, 2.45) is 5.92 Å². The van der Waals surface area contributed by atoms with E-state index in [9.17, 15) is 13.2 Å². The van der Waals surface area contributed by atoms with Gasteiger partial charge in [0.05, 0.1) is 5.75 Å². The molecule has 0 aromatic heterocycles. The van der Waals surface area contributed by atoms with Gasteiger partial charge in [0, 0.05) is 24.0 Å². The highest BCUT2D eigenvalue weighted by Crippen LogP contribution is 2.12. The molecule has 7 heteroatoms. The number of halogens is 1. The van der Waals surface area contributed by atoms with E-state index in [0.717, 1.165) is 5.56 Å². The lowest BCUT2D eigenvalue weighted by Gasteiger charge is -2.10. The summed E-state index contributed by atoms with van der Waals surface area (Å²) in [5, 5.41) is 2.78. The average molecular weight is 333 g/mol. The Hall–Kier alpha value is -1.11. The Labute approximate surface area is 131 Å². The Morgan fingerprint density at radius 1 is 1.33 bits per heavy atom. The monoisotopic (exact) mass is 332 g/mol. The van der Waals surface area contributed by atoms with Crippen molar-refractivity contribution >= 4 is 33.2 Å². The molecule has 0 spiro atoms. The van der Waals surface area contributed by atoms with Crippen LogP contribution in [0.15, 0.2) is 24.3 Å². The molecule has 1 rings (SSSR count). The highest BCUT2D eigenvalue weighted by Gasteiger charge is 2.10. The van der Waals surface area contributed by atoms with Crippen molar-refractivity contribution in [3.05, 3.63) is 29.8 Å². The van der Waals surface area contributed by atoms with E-state index in [1.807, 2.05) is 13.8 Å². The zero-order valence-electron chi connectivity index (χ0n) is 12.2. The van der Waals surface area contributed by atoms with E-state index in [-0.39, 0.29) is 24.1 Å². The third-order valence-electron chi connectivity index (χ3n) is 2.76. The van der Waals surface area contributed by atoms with Gasteiger partial charge >= 0.3 is 0 Å². The van der Waals surface area contributed by atoms with Gasteiger partial charge in [0.25, 0.3) is 0 Å². The summed E-state index contributed by atoms with van der Waals surface area (Å²) in [6.07, 6.45) is 0.418. The lowest BCUT2D eigenvalue weighted by molar-refractivity contribution is -0.118. The Kier molecular flexibility index (Phi) is 7.14. The Balaban J connectivity index is 2.63. The van der Waals surface area contributed by atoms with Crippen molar-refractivity contribution < 1.29 is 13.2 Å². The first-order chi connectivity index (χ1) is 9.84. The molecular weight excluding hydrogens is 312 g/mol. The van der Waals surface area contributed by atoms with Crippen LogP contribution in [0.4, 0.5) is 5.69 Å². The summed E-state index contributed by atoms with van der Waals surface area (Å²) in [7, 11) is -3.31. The fourth-order valence-corrected chi connectivity index (χ4v) is 2.90. The van der Waals surface area contributed by atoms with Gasteiger partial charge in [-0.05, 0) is 24.1 Å². The number of carbonyl (C=O) groups is 1. The zero-order valence-corrected chi connectivity index (χ0v) is 13.8. The van der Waals surface area contributed by atoms with Gasteiger partial charge in [-0.25, -0.2) is 13.1 Å². The van der Waals surface area contributed by atoms with Gasteiger partial charge in [0.2, 0.25) is 15.9 Å². The highest BCUT2D eigenvalue weighted by atomic mass is 35.5. The van der Waals surface area contributed by atoms with Crippen LogP contribution in [-0.2, 0) is 21.4 Å². The van der Waals surface area contributed by atoms with Crippen LogP contribution in [0.3, 0.4) is 0 Å². The topological polar surface area (TPSA) is 75.3 Å². The standard InChI is InChI=1S/C14H21ClN2O3S/c1-11(2)14(18)17-13-6-3-5-12(9-13)10-16-21(19,20)8-4-7-15/h3,5-6,9,11,16H,4,7-8,10H2,1-2H3,(H,17,18). The van der Waals surface area contributed by atoms with E-state index in [1.165, 1.54) is 0 Å². The first-order valence-corrected chi connectivity index (χ1v) is 8.96. The van der Waals surface area contributed by atoms with Crippen molar-refractivity contribution in [1.29, 1.82) is 0 Å². The minimum Gasteiger partial charge on any atom is -0.326 e. The van der Waals surface area contributed by atoms with Crippen molar-refractivity contribution in [2.45, 2.75) is 26.8 Å². The Morgan fingerprint density at radius 3 is 2.67 bits per heavy atom. The van der Waals surface area contributed by atoms with Crippen LogP contribution in [0.25, 0.3) is 0 Å². The summed E-state index contributed by atoms with van der Waals surface area (Å²) < 4.78 is 25.9. The molecule has 0 fully saturated rings. The van der Waals surface area contributed by atoms with Crippen LogP contribution in [0.5, 0.6) is 0 Å². The van der Waals surface area contributed by atoms with Gasteiger partial charge < -0.3 is 5.32 Å². The number of hydrogen-bond acceptors (Lipinski definition) is 3. The second-order valence-corrected chi connectivity index (χ2v) is 7.33. The third-order valence-corrected chi connectivity index (χ3v) is 4.44. The smallest absolute Gasteiger partial charge is 0.226 e. The Morgan fingerprint density at radius 2 is 2.05 bits per heavy atom. The maximum atomic E-state index is 11.7. The van der Waals surface area contributed by atoms with Gasteiger partial charge in [0.15, 0.2) is 0 Å². The van der Waals surface area contributed by atoms with E-state index in [2.05, 4.69) is 10.0 Å². The molecule has 2 N–H and O–H groups in total. The summed E-state index contributed by atoms with van der Waals surface area (Å²) in [4.78, 5) is 11.6. The number of hydrogen-bond donors (Lipinski definition) is 2. The molecule has 0 heterocycles. The van der Waals surface area contributed by atoms with Crippen LogP contribution >= 0.6 is 11.6 Å². The zero-order chi connectivity index (χ0) is 15.9. The lowest BCUT2D eigenvalue weighted by atomic mass is 10.1. The molecule has 0 bridgehead atoms. The normalized spacial score (nSPS) is 11.6. The van der Waals surface area contributed by atoms with Crippen LogP contribution in [0.1, 0.15) is 25.8 Å². The molecule has 21 heavy (non-hydrogen) atoms. The number of carbonyl (C=O) groups excluding carboxylic acids is 1. The number of alkyl halides is 1. The summed E-state index contributed by atoms with van der Waals surface area (Å²) in [6.45, 7) is 3.81. The fraction of sp³-hybridized carbons (Fsp3) is 0.500. The summed E-state index contributed by atoms with van der Waals surface area (Å²) in [5.74, 6) is 0.148. The van der Waals surface area contributed by atoms with Crippen LogP contribution in [-0.4, -0.2) is 26.0 Å².